The average molecular weight is 538 g/mol. The lowest BCUT2D eigenvalue weighted by Crippen LogP contribution is -2.26. The fourth-order valence-electron chi connectivity index (χ4n) is 4.76. The molecule has 0 atom stereocenters. The highest BCUT2D eigenvalue weighted by molar-refractivity contribution is 5.68. The van der Waals surface area contributed by atoms with Crippen LogP contribution in [0.15, 0.2) is 78.9 Å². The minimum atomic E-state index is -4.53. The van der Waals surface area contributed by atoms with Crippen molar-refractivity contribution in [3.63, 3.8) is 0 Å². The van der Waals surface area contributed by atoms with Gasteiger partial charge in [0.05, 0.1) is 17.0 Å². The largest absolute Gasteiger partial charge is 0.416 e. The van der Waals surface area contributed by atoms with E-state index in [1.54, 1.807) is 0 Å². The van der Waals surface area contributed by atoms with Gasteiger partial charge in [0.25, 0.3) is 0 Å². The molecule has 0 N–H and O–H groups in total. The van der Waals surface area contributed by atoms with Gasteiger partial charge in [-0.25, -0.2) is 9.37 Å². The van der Waals surface area contributed by atoms with Gasteiger partial charge in [0.1, 0.15) is 11.6 Å². The van der Waals surface area contributed by atoms with Gasteiger partial charge in [0.15, 0.2) is 0 Å². The van der Waals surface area contributed by atoms with Gasteiger partial charge in [-0.2, -0.15) is 13.2 Å². The topological polar surface area (TPSA) is 21.1 Å². The lowest BCUT2D eigenvalue weighted by Gasteiger charge is -2.25. The second-order valence-corrected chi connectivity index (χ2v) is 9.84. The van der Waals surface area contributed by atoms with Crippen LogP contribution in [0, 0.1) is 5.82 Å². The average Bonchev–Trinajstić information content (AvgIpc) is 3.29. The molecule has 0 unspecified atom stereocenters. The zero-order valence-corrected chi connectivity index (χ0v) is 22.5. The van der Waals surface area contributed by atoms with Crippen LogP contribution in [0.2, 0.25) is 0 Å². The monoisotopic (exact) mass is 537 g/mol. The quantitative estimate of drug-likeness (QED) is 0.168. The van der Waals surface area contributed by atoms with Crippen molar-refractivity contribution in [3.8, 4) is 22.6 Å². The molecule has 0 spiro atoms. The maximum absolute atomic E-state index is 14.8. The number of unbranched alkanes of at least 4 members (excludes halogenated alkanes) is 2. The Labute approximate surface area is 228 Å². The highest BCUT2D eigenvalue weighted by atomic mass is 19.4. The molecule has 4 aromatic rings. The molecule has 3 nitrogen and oxygen atoms in total. The van der Waals surface area contributed by atoms with E-state index >= 15 is 0 Å². The predicted molar refractivity (Wildman–Crippen MR) is 148 cm³/mol. The Morgan fingerprint density at radius 1 is 0.795 bits per heavy atom. The van der Waals surface area contributed by atoms with Crippen molar-refractivity contribution in [2.24, 2.45) is 0 Å². The fourth-order valence-corrected chi connectivity index (χ4v) is 4.76. The van der Waals surface area contributed by atoms with E-state index in [0.29, 0.717) is 13.1 Å². The maximum atomic E-state index is 14.8. The van der Waals surface area contributed by atoms with Crippen molar-refractivity contribution in [3.05, 3.63) is 102 Å². The first-order valence-corrected chi connectivity index (χ1v) is 13.6. The Kier molecular flexibility index (Phi) is 9.57. The van der Waals surface area contributed by atoms with Gasteiger partial charge in [-0.1, -0.05) is 87.4 Å². The van der Waals surface area contributed by atoms with Gasteiger partial charge >= 0.3 is 6.18 Å². The van der Waals surface area contributed by atoms with Crippen molar-refractivity contribution >= 4 is 0 Å². The van der Waals surface area contributed by atoms with Crippen LogP contribution in [0.5, 0.6) is 0 Å². The Morgan fingerprint density at radius 3 is 2.05 bits per heavy atom. The molecule has 0 saturated carbocycles. The van der Waals surface area contributed by atoms with Crippen LogP contribution in [0.4, 0.5) is 17.6 Å². The first-order chi connectivity index (χ1) is 18.8. The third kappa shape index (κ3) is 7.15. The molecule has 0 bridgehead atoms. The van der Waals surface area contributed by atoms with Gasteiger partial charge < -0.3 is 4.57 Å². The molecule has 0 fully saturated rings. The van der Waals surface area contributed by atoms with E-state index in [-0.39, 0.29) is 12.1 Å². The van der Waals surface area contributed by atoms with Crippen LogP contribution in [0.25, 0.3) is 22.6 Å². The molecule has 3 aromatic carbocycles. The summed E-state index contributed by atoms with van der Waals surface area (Å²) < 4.78 is 57.3. The van der Waals surface area contributed by atoms with Gasteiger partial charge in [0, 0.05) is 36.3 Å². The van der Waals surface area contributed by atoms with Crippen molar-refractivity contribution in [2.45, 2.75) is 65.3 Å². The van der Waals surface area contributed by atoms with Crippen molar-refractivity contribution in [2.75, 3.05) is 6.54 Å². The van der Waals surface area contributed by atoms with Crippen LogP contribution in [-0.2, 0) is 25.8 Å². The summed E-state index contributed by atoms with van der Waals surface area (Å²) in [5.74, 6) is 0.232. The van der Waals surface area contributed by atoms with Gasteiger partial charge in [-0.3, -0.25) is 4.90 Å². The molecule has 7 heteroatoms. The first-order valence-electron chi connectivity index (χ1n) is 13.6. The maximum Gasteiger partial charge on any atom is 0.416 e. The van der Waals surface area contributed by atoms with Crippen molar-refractivity contribution in [1.82, 2.24) is 14.5 Å². The summed E-state index contributed by atoms with van der Waals surface area (Å²) in [6.45, 7) is 6.10. The standard InChI is InChI=1S/C32H35F4N3/c1-3-5-19-38(22-26-21-27(32(34,35)36)17-18-28(26)33)23-29-30(24-13-9-7-10-14-24)37-31(39(29)20-6-4-2)25-15-11-8-12-16-25/h7-18,21H,3-6,19-20,22-23H2,1-2H3. The lowest BCUT2D eigenvalue weighted by atomic mass is 10.1. The number of aromatic nitrogens is 2. The molecule has 0 saturated heterocycles. The number of benzene rings is 3. The smallest absolute Gasteiger partial charge is 0.326 e. The molecule has 206 valence electrons. The van der Waals surface area contributed by atoms with E-state index in [2.05, 4.69) is 18.4 Å². The van der Waals surface area contributed by atoms with Crippen LogP contribution >= 0.6 is 0 Å². The lowest BCUT2D eigenvalue weighted by molar-refractivity contribution is -0.137. The van der Waals surface area contributed by atoms with E-state index in [9.17, 15) is 17.6 Å². The minimum absolute atomic E-state index is 0.0464. The van der Waals surface area contributed by atoms with Crippen LogP contribution in [0.3, 0.4) is 0 Å². The number of hydrogen-bond acceptors (Lipinski definition) is 2. The normalized spacial score (nSPS) is 11.9. The number of rotatable bonds is 12. The van der Waals surface area contributed by atoms with E-state index in [0.717, 1.165) is 78.8 Å². The third-order valence-electron chi connectivity index (χ3n) is 6.86. The highest BCUT2D eigenvalue weighted by Gasteiger charge is 2.31. The van der Waals surface area contributed by atoms with Gasteiger partial charge in [-0.05, 0) is 37.6 Å². The van der Waals surface area contributed by atoms with Gasteiger partial charge in [-0.15, -0.1) is 0 Å². The molecular formula is C32H35F4N3. The first kappa shape index (κ1) is 28.6. The molecule has 1 heterocycles. The van der Waals surface area contributed by atoms with E-state index in [4.69, 9.17) is 4.98 Å². The summed E-state index contributed by atoms with van der Waals surface area (Å²) in [5.41, 5.74) is 3.01. The highest BCUT2D eigenvalue weighted by Crippen LogP contribution is 2.33. The molecule has 0 aliphatic rings. The summed E-state index contributed by atoms with van der Waals surface area (Å²) in [5, 5.41) is 0. The van der Waals surface area contributed by atoms with Crippen molar-refractivity contribution < 1.29 is 17.6 Å². The fraction of sp³-hybridized carbons (Fsp3) is 0.344. The third-order valence-corrected chi connectivity index (χ3v) is 6.86. The van der Waals surface area contributed by atoms with Crippen LogP contribution in [0.1, 0.15) is 56.4 Å². The summed E-state index contributed by atoms with van der Waals surface area (Å²) in [6, 6.07) is 22.6. The van der Waals surface area contributed by atoms with Crippen LogP contribution in [-0.4, -0.2) is 21.0 Å². The van der Waals surface area contributed by atoms with Crippen LogP contribution < -0.4 is 0 Å². The summed E-state index contributed by atoms with van der Waals surface area (Å²) >= 11 is 0. The molecule has 1 aromatic heterocycles. The summed E-state index contributed by atoms with van der Waals surface area (Å²) in [4.78, 5) is 7.17. The number of alkyl halides is 3. The van der Waals surface area contributed by atoms with Gasteiger partial charge in [0.2, 0.25) is 0 Å². The number of halogens is 4. The SMILES string of the molecule is CCCCN(Cc1cc(C(F)(F)F)ccc1F)Cc1c(-c2ccccc2)nc(-c2ccccc2)n1CCCC. The predicted octanol–water partition coefficient (Wildman–Crippen LogP) is 8.98. The number of imidazole rings is 1. The Bertz CT molecular complexity index is 1330. The number of nitrogens with zero attached hydrogens (tertiary/aromatic N) is 3. The summed E-state index contributed by atoms with van der Waals surface area (Å²) in [6.07, 6.45) is -0.815. The molecule has 0 radical (unpaired) electrons. The Balaban J connectivity index is 1.80. The molecule has 0 aliphatic carbocycles. The molecular weight excluding hydrogens is 502 g/mol. The van der Waals surface area contributed by atoms with E-state index in [1.165, 1.54) is 0 Å². The number of hydrogen-bond donors (Lipinski definition) is 0. The zero-order valence-electron chi connectivity index (χ0n) is 22.5. The Hall–Kier alpha value is -3.45. The summed E-state index contributed by atoms with van der Waals surface area (Å²) in [7, 11) is 0. The second kappa shape index (κ2) is 13.1. The minimum Gasteiger partial charge on any atom is -0.326 e. The molecule has 0 amide bonds. The molecule has 0 aliphatic heterocycles. The Morgan fingerprint density at radius 2 is 1.44 bits per heavy atom. The second-order valence-electron chi connectivity index (χ2n) is 9.84. The van der Waals surface area contributed by atoms with E-state index < -0.39 is 17.6 Å². The van der Waals surface area contributed by atoms with E-state index in [1.807, 2.05) is 65.6 Å². The molecule has 39 heavy (non-hydrogen) atoms. The molecule has 4 rings (SSSR count). The zero-order chi connectivity index (χ0) is 27.8. The van der Waals surface area contributed by atoms with Crippen molar-refractivity contribution in [1.29, 1.82) is 0 Å².